The van der Waals surface area contributed by atoms with Crippen molar-refractivity contribution in [2.45, 2.75) is 18.6 Å². The van der Waals surface area contributed by atoms with E-state index in [2.05, 4.69) is 29.6 Å². The fraction of sp³-hybridized carbons (Fsp3) is 0.333. The molecule has 3 atom stereocenters. The summed E-state index contributed by atoms with van der Waals surface area (Å²) in [7, 11) is 0. The largest absolute Gasteiger partial charge is 0.467 e. The monoisotopic (exact) mass is 241 g/mol. The number of rotatable bonds is 1. The van der Waals surface area contributed by atoms with Crippen LogP contribution in [0.25, 0.3) is 0 Å². The summed E-state index contributed by atoms with van der Waals surface area (Å²) in [6.07, 6.45) is 3.03. The lowest BCUT2D eigenvalue weighted by molar-refractivity contribution is 0.0808. The maximum absolute atomic E-state index is 5.93. The van der Waals surface area contributed by atoms with Gasteiger partial charge in [-0.3, -0.25) is 0 Å². The molecule has 1 N–H and O–H groups in total. The van der Waals surface area contributed by atoms with Gasteiger partial charge in [-0.15, -0.1) is 0 Å². The Morgan fingerprint density at radius 1 is 1.11 bits per heavy atom. The molecule has 92 valence electrons. The van der Waals surface area contributed by atoms with E-state index in [1.165, 1.54) is 11.3 Å². The normalized spacial score (nSPS) is 29.4. The number of nitrogens with one attached hydrogen (secondary N) is 1. The van der Waals surface area contributed by atoms with Gasteiger partial charge in [0, 0.05) is 23.8 Å². The number of hydrogen-bond donors (Lipinski definition) is 1. The first-order valence-corrected chi connectivity index (χ1v) is 6.44. The van der Waals surface area contributed by atoms with E-state index in [0.717, 1.165) is 18.8 Å². The van der Waals surface area contributed by atoms with Crippen LogP contribution in [0, 0.1) is 5.92 Å². The third kappa shape index (κ3) is 1.40. The quantitative estimate of drug-likeness (QED) is 0.829. The van der Waals surface area contributed by atoms with Crippen molar-refractivity contribution >= 4 is 5.69 Å². The molecule has 1 fully saturated rings. The van der Waals surface area contributed by atoms with Crippen LogP contribution in [0.15, 0.2) is 47.1 Å². The van der Waals surface area contributed by atoms with Crippen LogP contribution in [0.3, 0.4) is 0 Å². The van der Waals surface area contributed by atoms with Gasteiger partial charge in [0.15, 0.2) is 0 Å². The van der Waals surface area contributed by atoms with Crippen LogP contribution in [-0.4, -0.2) is 6.61 Å². The molecule has 0 amide bonds. The molecule has 0 unspecified atom stereocenters. The summed E-state index contributed by atoms with van der Waals surface area (Å²) in [5.41, 5.74) is 2.45. The van der Waals surface area contributed by atoms with Crippen LogP contribution in [0.1, 0.15) is 29.9 Å². The van der Waals surface area contributed by atoms with Crippen LogP contribution in [-0.2, 0) is 4.74 Å². The van der Waals surface area contributed by atoms with Gasteiger partial charge in [-0.25, -0.2) is 0 Å². The molecule has 3 nitrogen and oxygen atoms in total. The molecule has 18 heavy (non-hydrogen) atoms. The van der Waals surface area contributed by atoms with E-state index in [1.54, 1.807) is 6.26 Å². The Kier molecular flexibility index (Phi) is 2.20. The van der Waals surface area contributed by atoms with Gasteiger partial charge in [-0.1, -0.05) is 18.2 Å². The van der Waals surface area contributed by atoms with Crippen molar-refractivity contribution in [1.82, 2.24) is 0 Å². The predicted octanol–water partition coefficient (Wildman–Crippen LogP) is 3.52. The molecular weight excluding hydrogens is 226 g/mol. The molecule has 0 radical (unpaired) electrons. The molecule has 3 heterocycles. The molecule has 3 heteroatoms. The lowest BCUT2D eigenvalue weighted by Gasteiger charge is -2.34. The van der Waals surface area contributed by atoms with Crippen molar-refractivity contribution in [2.24, 2.45) is 5.92 Å². The van der Waals surface area contributed by atoms with Gasteiger partial charge in [-0.2, -0.15) is 0 Å². The first kappa shape index (κ1) is 10.2. The molecule has 1 aromatic carbocycles. The molecule has 2 aliphatic rings. The topological polar surface area (TPSA) is 34.4 Å². The smallest absolute Gasteiger partial charge is 0.126 e. The zero-order valence-electron chi connectivity index (χ0n) is 10.0. The van der Waals surface area contributed by atoms with Crippen molar-refractivity contribution in [3.8, 4) is 0 Å². The summed E-state index contributed by atoms with van der Waals surface area (Å²) >= 11 is 0. The van der Waals surface area contributed by atoms with Crippen LogP contribution in [0.2, 0.25) is 0 Å². The minimum atomic E-state index is 0.206. The third-order valence-corrected chi connectivity index (χ3v) is 3.99. The lowest BCUT2D eigenvalue weighted by Crippen LogP contribution is -2.28. The number of fused-ring (bicyclic) bond motifs is 3. The molecule has 2 aliphatic heterocycles. The first-order chi connectivity index (χ1) is 8.93. The number of benzene rings is 1. The van der Waals surface area contributed by atoms with Crippen LogP contribution >= 0.6 is 0 Å². The molecule has 0 bridgehead atoms. The molecule has 0 aliphatic carbocycles. The summed E-state index contributed by atoms with van der Waals surface area (Å²) in [5.74, 6) is 1.47. The Balaban J connectivity index is 1.80. The Bertz CT molecular complexity index is 549. The van der Waals surface area contributed by atoms with Crippen molar-refractivity contribution < 1.29 is 9.15 Å². The molecule has 1 saturated heterocycles. The number of furan rings is 1. The van der Waals surface area contributed by atoms with E-state index in [-0.39, 0.29) is 12.1 Å². The summed E-state index contributed by atoms with van der Waals surface area (Å²) in [6, 6.07) is 12.6. The highest BCUT2D eigenvalue weighted by Crippen LogP contribution is 2.49. The van der Waals surface area contributed by atoms with Crippen molar-refractivity contribution in [2.75, 3.05) is 11.9 Å². The van der Waals surface area contributed by atoms with Crippen molar-refractivity contribution in [3.05, 3.63) is 54.0 Å². The van der Waals surface area contributed by atoms with Crippen LogP contribution in [0.4, 0.5) is 5.69 Å². The van der Waals surface area contributed by atoms with Crippen LogP contribution in [0.5, 0.6) is 0 Å². The van der Waals surface area contributed by atoms with Gasteiger partial charge in [0.05, 0.1) is 18.4 Å². The predicted molar refractivity (Wildman–Crippen MR) is 68.3 cm³/mol. The Morgan fingerprint density at radius 2 is 2.06 bits per heavy atom. The second-order valence-electron chi connectivity index (χ2n) is 4.97. The fourth-order valence-corrected chi connectivity index (χ4v) is 3.17. The van der Waals surface area contributed by atoms with Crippen molar-refractivity contribution in [1.29, 1.82) is 0 Å². The molecule has 1 aromatic heterocycles. The number of hydrogen-bond acceptors (Lipinski definition) is 3. The average molecular weight is 241 g/mol. The highest BCUT2D eigenvalue weighted by molar-refractivity contribution is 5.56. The highest BCUT2D eigenvalue weighted by atomic mass is 16.5. The van der Waals surface area contributed by atoms with E-state index < -0.39 is 0 Å². The standard InChI is InChI=1S/C15H15NO2/c1-2-5-12-10(4-1)15-11(7-9-18-15)14(16-12)13-6-3-8-17-13/h1-6,8,11,14-16H,7,9H2/t11-,14+,15+/m0/s1. The van der Waals surface area contributed by atoms with Gasteiger partial charge >= 0.3 is 0 Å². The number of ether oxygens (including phenoxy) is 1. The molecule has 0 spiro atoms. The Morgan fingerprint density at radius 3 is 2.94 bits per heavy atom. The van der Waals surface area contributed by atoms with E-state index in [9.17, 15) is 0 Å². The molecule has 0 saturated carbocycles. The Hall–Kier alpha value is -1.74. The number of para-hydroxylation sites is 1. The zero-order chi connectivity index (χ0) is 11.9. The van der Waals surface area contributed by atoms with E-state index >= 15 is 0 Å². The fourth-order valence-electron chi connectivity index (χ4n) is 3.17. The van der Waals surface area contributed by atoms with E-state index in [1.807, 2.05) is 12.1 Å². The van der Waals surface area contributed by atoms with Crippen LogP contribution < -0.4 is 5.32 Å². The summed E-state index contributed by atoms with van der Waals surface area (Å²) in [6.45, 7) is 0.836. The van der Waals surface area contributed by atoms with Gasteiger partial charge in [0.2, 0.25) is 0 Å². The molecular formula is C15H15NO2. The number of anilines is 1. The lowest BCUT2D eigenvalue weighted by atomic mass is 9.83. The average Bonchev–Trinajstić information content (AvgIpc) is 3.09. The summed E-state index contributed by atoms with van der Waals surface area (Å²) in [5, 5.41) is 3.60. The molecule has 2 aromatic rings. The van der Waals surface area contributed by atoms with Gasteiger partial charge in [-0.05, 0) is 24.6 Å². The summed E-state index contributed by atoms with van der Waals surface area (Å²) < 4.78 is 11.5. The second-order valence-corrected chi connectivity index (χ2v) is 4.97. The summed E-state index contributed by atoms with van der Waals surface area (Å²) in [4.78, 5) is 0. The SMILES string of the molecule is c1coc([C@@H]2Nc3ccccc3[C@H]3OCC[C@H]32)c1. The minimum Gasteiger partial charge on any atom is -0.467 e. The molecule has 4 rings (SSSR count). The minimum absolute atomic E-state index is 0.206. The second kappa shape index (κ2) is 3.89. The van der Waals surface area contributed by atoms with E-state index in [4.69, 9.17) is 9.15 Å². The van der Waals surface area contributed by atoms with Crippen molar-refractivity contribution in [3.63, 3.8) is 0 Å². The van der Waals surface area contributed by atoms with Gasteiger partial charge < -0.3 is 14.5 Å². The van der Waals surface area contributed by atoms with Gasteiger partial charge in [0.1, 0.15) is 5.76 Å². The highest BCUT2D eigenvalue weighted by Gasteiger charge is 2.42. The van der Waals surface area contributed by atoms with E-state index in [0.29, 0.717) is 5.92 Å². The Labute approximate surface area is 106 Å². The third-order valence-electron chi connectivity index (χ3n) is 3.99. The zero-order valence-corrected chi connectivity index (χ0v) is 10.0. The first-order valence-electron chi connectivity index (χ1n) is 6.44. The maximum Gasteiger partial charge on any atom is 0.126 e. The maximum atomic E-state index is 5.93. The van der Waals surface area contributed by atoms with Gasteiger partial charge in [0.25, 0.3) is 0 Å².